The average Bonchev–Trinajstić information content (AvgIpc) is 2.81. The lowest BCUT2D eigenvalue weighted by molar-refractivity contribution is -0.116. The van der Waals surface area contributed by atoms with Gasteiger partial charge in [0.2, 0.25) is 5.91 Å². The standard InChI is InChI=1S/C25H24FN3O2S/c26-20-9-6-18(7-10-20)15-32-16-23-25(31)29-22-14-19(8-11-21(22)28-23)24(30)27-13-12-17-4-2-1-3-5-17/h1-11,14,23,28H,12-13,15-16H2,(H,27,30)(H,29,31). The van der Waals surface area contributed by atoms with E-state index in [4.69, 9.17) is 0 Å². The minimum absolute atomic E-state index is 0.134. The van der Waals surface area contributed by atoms with Crippen molar-refractivity contribution in [3.63, 3.8) is 0 Å². The Balaban J connectivity index is 1.29. The van der Waals surface area contributed by atoms with Crippen LogP contribution in [-0.4, -0.2) is 30.2 Å². The smallest absolute Gasteiger partial charge is 0.251 e. The number of fused-ring (bicyclic) bond motifs is 1. The molecule has 0 spiro atoms. The predicted molar refractivity (Wildman–Crippen MR) is 128 cm³/mol. The van der Waals surface area contributed by atoms with E-state index in [9.17, 15) is 14.0 Å². The van der Waals surface area contributed by atoms with Crippen molar-refractivity contribution in [3.05, 3.63) is 95.3 Å². The minimum Gasteiger partial charge on any atom is -0.371 e. The Kier molecular flexibility index (Phi) is 7.07. The van der Waals surface area contributed by atoms with E-state index in [1.807, 2.05) is 36.4 Å². The number of halogens is 1. The summed E-state index contributed by atoms with van der Waals surface area (Å²) in [5.41, 5.74) is 4.07. The fourth-order valence-corrected chi connectivity index (χ4v) is 4.46. The highest BCUT2D eigenvalue weighted by atomic mass is 32.2. The summed E-state index contributed by atoms with van der Waals surface area (Å²) in [6, 6.07) is 21.2. The largest absolute Gasteiger partial charge is 0.371 e. The fraction of sp³-hybridized carbons (Fsp3) is 0.200. The second kappa shape index (κ2) is 10.3. The average molecular weight is 450 g/mol. The molecule has 1 atom stereocenters. The number of rotatable bonds is 8. The van der Waals surface area contributed by atoms with Crippen molar-refractivity contribution in [1.82, 2.24) is 5.32 Å². The molecule has 0 aromatic heterocycles. The van der Waals surface area contributed by atoms with Crippen LogP contribution in [0.2, 0.25) is 0 Å². The molecule has 7 heteroatoms. The number of anilines is 2. The van der Waals surface area contributed by atoms with Gasteiger partial charge in [0.1, 0.15) is 11.9 Å². The van der Waals surface area contributed by atoms with Gasteiger partial charge < -0.3 is 16.0 Å². The number of hydrogen-bond acceptors (Lipinski definition) is 4. The molecule has 2 amide bonds. The number of nitrogens with one attached hydrogen (secondary N) is 3. The number of hydrogen-bond donors (Lipinski definition) is 3. The SMILES string of the molecule is O=C(NCCc1ccccc1)c1ccc2c(c1)NC(=O)C(CSCc1ccc(F)cc1)N2. The van der Waals surface area contributed by atoms with Crippen LogP contribution in [0.3, 0.4) is 0 Å². The Hall–Kier alpha value is -3.32. The van der Waals surface area contributed by atoms with Gasteiger partial charge in [-0.1, -0.05) is 42.5 Å². The summed E-state index contributed by atoms with van der Waals surface area (Å²) in [4.78, 5) is 25.0. The van der Waals surface area contributed by atoms with Crippen LogP contribution in [0.1, 0.15) is 21.5 Å². The molecule has 1 heterocycles. The number of carbonyl (C=O) groups excluding carboxylic acids is 2. The van der Waals surface area contributed by atoms with Crippen molar-refractivity contribution in [2.24, 2.45) is 0 Å². The first kappa shape index (κ1) is 21.9. The van der Waals surface area contributed by atoms with Gasteiger partial charge in [0.25, 0.3) is 5.91 Å². The Bertz CT molecular complexity index is 1090. The van der Waals surface area contributed by atoms with Gasteiger partial charge in [0, 0.05) is 23.6 Å². The molecule has 0 radical (unpaired) electrons. The van der Waals surface area contributed by atoms with Gasteiger partial charge in [-0.15, -0.1) is 0 Å². The lowest BCUT2D eigenvalue weighted by Gasteiger charge is -2.27. The zero-order chi connectivity index (χ0) is 22.3. The first-order valence-electron chi connectivity index (χ1n) is 10.4. The molecule has 1 unspecified atom stereocenters. The highest BCUT2D eigenvalue weighted by Crippen LogP contribution is 2.29. The van der Waals surface area contributed by atoms with E-state index in [1.165, 1.54) is 12.1 Å². The molecule has 3 aromatic carbocycles. The molecule has 4 rings (SSSR count). The maximum atomic E-state index is 13.0. The molecule has 32 heavy (non-hydrogen) atoms. The third-order valence-electron chi connectivity index (χ3n) is 5.19. The van der Waals surface area contributed by atoms with Gasteiger partial charge in [-0.25, -0.2) is 4.39 Å². The Labute approximate surface area is 190 Å². The second-order valence-corrected chi connectivity index (χ2v) is 8.61. The Morgan fingerprint density at radius 3 is 2.53 bits per heavy atom. The second-order valence-electron chi connectivity index (χ2n) is 7.58. The molecule has 1 aliphatic rings. The third-order valence-corrected chi connectivity index (χ3v) is 6.30. The quantitative estimate of drug-likeness (QED) is 0.475. The van der Waals surface area contributed by atoms with E-state index in [0.29, 0.717) is 29.3 Å². The number of thioether (sulfide) groups is 1. The first-order chi connectivity index (χ1) is 15.6. The van der Waals surface area contributed by atoms with Gasteiger partial charge in [0.15, 0.2) is 0 Å². The predicted octanol–water partition coefficient (Wildman–Crippen LogP) is 4.46. The molecule has 0 bridgehead atoms. The highest BCUT2D eigenvalue weighted by molar-refractivity contribution is 7.98. The summed E-state index contributed by atoms with van der Waals surface area (Å²) in [7, 11) is 0. The molecular weight excluding hydrogens is 425 g/mol. The zero-order valence-electron chi connectivity index (χ0n) is 17.4. The summed E-state index contributed by atoms with van der Waals surface area (Å²) in [6.07, 6.45) is 0.757. The summed E-state index contributed by atoms with van der Waals surface area (Å²) in [6.45, 7) is 0.540. The third kappa shape index (κ3) is 5.68. The minimum atomic E-state index is -0.376. The lowest BCUT2D eigenvalue weighted by atomic mass is 10.1. The molecule has 1 aliphatic heterocycles. The van der Waals surface area contributed by atoms with Crippen LogP contribution in [0.15, 0.2) is 72.8 Å². The maximum Gasteiger partial charge on any atom is 0.251 e. The van der Waals surface area contributed by atoms with E-state index < -0.39 is 0 Å². The van der Waals surface area contributed by atoms with Gasteiger partial charge in [-0.05, 0) is 47.9 Å². The lowest BCUT2D eigenvalue weighted by Crippen LogP contribution is -2.40. The summed E-state index contributed by atoms with van der Waals surface area (Å²) in [5, 5.41) is 9.07. The Morgan fingerprint density at radius 2 is 1.75 bits per heavy atom. The molecule has 3 aromatic rings. The van der Waals surface area contributed by atoms with Crippen molar-refractivity contribution < 1.29 is 14.0 Å². The molecule has 3 N–H and O–H groups in total. The summed E-state index contributed by atoms with van der Waals surface area (Å²) < 4.78 is 13.0. The van der Waals surface area contributed by atoms with Crippen LogP contribution in [0, 0.1) is 5.82 Å². The van der Waals surface area contributed by atoms with Crippen molar-refractivity contribution >= 4 is 35.0 Å². The monoisotopic (exact) mass is 449 g/mol. The number of carbonyl (C=O) groups is 2. The normalized spacial score (nSPS) is 14.8. The van der Waals surface area contributed by atoms with Crippen molar-refractivity contribution in [2.75, 3.05) is 22.9 Å². The van der Waals surface area contributed by atoms with Crippen LogP contribution >= 0.6 is 11.8 Å². The van der Waals surface area contributed by atoms with E-state index >= 15 is 0 Å². The Morgan fingerprint density at radius 1 is 0.969 bits per heavy atom. The van der Waals surface area contributed by atoms with Crippen molar-refractivity contribution in [2.45, 2.75) is 18.2 Å². The molecule has 0 aliphatic carbocycles. The van der Waals surface area contributed by atoms with E-state index in [0.717, 1.165) is 23.2 Å². The number of amides is 2. The molecule has 164 valence electrons. The van der Waals surface area contributed by atoms with Crippen LogP contribution in [0.25, 0.3) is 0 Å². The fourth-order valence-electron chi connectivity index (χ4n) is 3.45. The highest BCUT2D eigenvalue weighted by Gasteiger charge is 2.26. The van der Waals surface area contributed by atoms with Crippen LogP contribution in [-0.2, 0) is 17.0 Å². The van der Waals surface area contributed by atoms with Crippen LogP contribution in [0.4, 0.5) is 15.8 Å². The zero-order valence-corrected chi connectivity index (χ0v) is 18.3. The van der Waals surface area contributed by atoms with Crippen LogP contribution in [0.5, 0.6) is 0 Å². The van der Waals surface area contributed by atoms with Crippen molar-refractivity contribution in [1.29, 1.82) is 0 Å². The first-order valence-corrected chi connectivity index (χ1v) is 11.6. The van der Waals surface area contributed by atoms with Gasteiger partial charge >= 0.3 is 0 Å². The van der Waals surface area contributed by atoms with Gasteiger partial charge in [0.05, 0.1) is 11.4 Å². The molecule has 0 saturated carbocycles. The van der Waals surface area contributed by atoms with Gasteiger partial charge in [-0.2, -0.15) is 11.8 Å². The topological polar surface area (TPSA) is 70.2 Å². The van der Waals surface area contributed by atoms with Crippen LogP contribution < -0.4 is 16.0 Å². The van der Waals surface area contributed by atoms with Gasteiger partial charge in [-0.3, -0.25) is 9.59 Å². The summed E-state index contributed by atoms with van der Waals surface area (Å²) in [5.74, 6) is 0.707. The molecule has 5 nitrogen and oxygen atoms in total. The van der Waals surface area contributed by atoms with E-state index in [2.05, 4.69) is 16.0 Å². The molecule has 0 fully saturated rings. The van der Waals surface area contributed by atoms with Crippen molar-refractivity contribution in [3.8, 4) is 0 Å². The summed E-state index contributed by atoms with van der Waals surface area (Å²) >= 11 is 1.60. The maximum absolute atomic E-state index is 13.0. The van der Waals surface area contributed by atoms with E-state index in [1.54, 1.807) is 36.0 Å². The molecular formula is C25H24FN3O2S. The number of benzene rings is 3. The van der Waals surface area contributed by atoms with E-state index in [-0.39, 0.29) is 23.7 Å². The molecule has 0 saturated heterocycles.